The van der Waals surface area contributed by atoms with Crippen LogP contribution in [0, 0.1) is 5.92 Å². The molecule has 0 bridgehead atoms. The molecule has 2 aliphatic rings. The van der Waals surface area contributed by atoms with E-state index in [1.54, 1.807) is 6.92 Å². The number of fused-ring (bicyclic) bond motifs is 3. The number of carboxylic acid groups (broad SMARTS) is 1. The molecular weight excluding hydrogens is 436 g/mol. The first-order valence-corrected chi connectivity index (χ1v) is 11.6. The van der Waals surface area contributed by atoms with Crippen molar-refractivity contribution in [2.45, 2.75) is 37.6 Å². The van der Waals surface area contributed by atoms with Gasteiger partial charge >= 0.3 is 12.1 Å². The number of nitrogens with one attached hydrogen (secondary N) is 2. The summed E-state index contributed by atoms with van der Waals surface area (Å²) in [5.74, 6) is -1.57. The summed E-state index contributed by atoms with van der Waals surface area (Å²) < 4.78 is 11.1. The van der Waals surface area contributed by atoms with Gasteiger partial charge in [0.15, 0.2) is 0 Å². The van der Waals surface area contributed by atoms with Gasteiger partial charge in [-0.3, -0.25) is 9.59 Å². The Morgan fingerprint density at radius 3 is 2.24 bits per heavy atom. The zero-order valence-corrected chi connectivity index (χ0v) is 19.2. The van der Waals surface area contributed by atoms with E-state index in [1.807, 2.05) is 36.4 Å². The van der Waals surface area contributed by atoms with Crippen LogP contribution in [-0.2, 0) is 19.1 Å². The second kappa shape index (κ2) is 10.3. The third kappa shape index (κ3) is 5.07. The summed E-state index contributed by atoms with van der Waals surface area (Å²) in [6, 6.07) is 16.2. The molecule has 4 rings (SSSR count). The van der Waals surface area contributed by atoms with Crippen LogP contribution in [0.15, 0.2) is 48.5 Å². The molecular formula is C26H30N2O6. The van der Waals surface area contributed by atoms with Crippen LogP contribution < -0.4 is 10.6 Å². The van der Waals surface area contributed by atoms with Crippen molar-refractivity contribution in [3.05, 3.63) is 59.7 Å². The van der Waals surface area contributed by atoms with E-state index in [0.717, 1.165) is 22.3 Å². The minimum absolute atomic E-state index is 0.0454. The van der Waals surface area contributed by atoms with Crippen LogP contribution in [0.1, 0.15) is 43.2 Å². The largest absolute Gasteiger partial charge is 0.481 e. The summed E-state index contributed by atoms with van der Waals surface area (Å²) in [6.45, 7) is 2.79. The molecule has 1 fully saturated rings. The van der Waals surface area contributed by atoms with E-state index in [1.165, 1.54) is 0 Å². The SMILES string of the molecule is CC(CNC(=O)C1(NC(=O)OCC2c3ccccc3-c3ccccc32)CCOCC1)CC(=O)O. The Hall–Kier alpha value is -3.39. The summed E-state index contributed by atoms with van der Waals surface area (Å²) in [5, 5.41) is 14.5. The zero-order valence-electron chi connectivity index (χ0n) is 19.2. The molecule has 8 heteroatoms. The smallest absolute Gasteiger partial charge is 0.408 e. The first-order chi connectivity index (χ1) is 16.4. The predicted molar refractivity (Wildman–Crippen MR) is 125 cm³/mol. The van der Waals surface area contributed by atoms with Gasteiger partial charge < -0.3 is 25.2 Å². The maximum absolute atomic E-state index is 13.0. The third-order valence-corrected chi connectivity index (χ3v) is 6.60. The second-order valence-electron chi connectivity index (χ2n) is 9.06. The van der Waals surface area contributed by atoms with E-state index >= 15 is 0 Å². The summed E-state index contributed by atoms with van der Waals surface area (Å²) in [5.41, 5.74) is 3.36. The van der Waals surface area contributed by atoms with Gasteiger partial charge in [-0.15, -0.1) is 0 Å². The summed E-state index contributed by atoms with van der Waals surface area (Å²) in [6.07, 6.45) is -0.0689. The zero-order chi connectivity index (χ0) is 24.1. The molecule has 1 aliphatic carbocycles. The van der Waals surface area contributed by atoms with Gasteiger partial charge in [0.25, 0.3) is 0 Å². The van der Waals surface area contributed by atoms with Crippen molar-refractivity contribution in [3.8, 4) is 11.1 Å². The number of hydrogen-bond acceptors (Lipinski definition) is 5. The highest BCUT2D eigenvalue weighted by molar-refractivity contribution is 5.90. The van der Waals surface area contributed by atoms with Crippen molar-refractivity contribution >= 4 is 18.0 Å². The Morgan fingerprint density at radius 2 is 1.65 bits per heavy atom. The number of hydrogen-bond donors (Lipinski definition) is 3. The molecule has 180 valence electrons. The van der Waals surface area contributed by atoms with E-state index in [0.29, 0.717) is 26.1 Å². The molecule has 1 saturated heterocycles. The Labute approximate surface area is 198 Å². The predicted octanol–water partition coefficient (Wildman–Crippen LogP) is 3.30. The van der Waals surface area contributed by atoms with E-state index in [4.69, 9.17) is 14.6 Å². The molecule has 34 heavy (non-hydrogen) atoms. The van der Waals surface area contributed by atoms with E-state index in [-0.39, 0.29) is 37.3 Å². The summed E-state index contributed by atoms with van der Waals surface area (Å²) in [4.78, 5) is 36.8. The van der Waals surface area contributed by atoms with Crippen LogP contribution in [0.25, 0.3) is 11.1 Å². The number of alkyl carbamates (subject to hydrolysis) is 1. The van der Waals surface area contributed by atoms with Crippen molar-refractivity contribution in [1.29, 1.82) is 0 Å². The highest BCUT2D eigenvalue weighted by atomic mass is 16.5. The number of amides is 2. The first kappa shape index (κ1) is 23.8. The molecule has 0 spiro atoms. The normalized spacial score (nSPS) is 17.2. The van der Waals surface area contributed by atoms with Gasteiger partial charge in [-0.05, 0) is 28.2 Å². The number of aliphatic carboxylic acids is 1. The fourth-order valence-corrected chi connectivity index (χ4v) is 4.76. The molecule has 1 unspecified atom stereocenters. The van der Waals surface area contributed by atoms with Crippen molar-refractivity contribution < 1.29 is 29.0 Å². The van der Waals surface area contributed by atoms with E-state index < -0.39 is 17.6 Å². The van der Waals surface area contributed by atoms with Crippen LogP contribution >= 0.6 is 0 Å². The standard InChI is InChI=1S/C26H30N2O6/c1-17(14-23(29)30)15-27-24(31)26(10-12-33-13-11-26)28-25(32)34-16-22-20-8-4-2-6-18(20)19-7-3-5-9-21(19)22/h2-9,17,22H,10-16H2,1H3,(H,27,31)(H,28,32)(H,29,30). The number of rotatable bonds is 8. The molecule has 1 atom stereocenters. The fraction of sp³-hybridized carbons (Fsp3) is 0.423. The highest BCUT2D eigenvalue weighted by Crippen LogP contribution is 2.44. The second-order valence-corrected chi connectivity index (χ2v) is 9.06. The summed E-state index contributed by atoms with van der Waals surface area (Å²) in [7, 11) is 0. The van der Waals surface area contributed by atoms with Crippen molar-refractivity contribution in [2.24, 2.45) is 5.92 Å². The van der Waals surface area contributed by atoms with Crippen molar-refractivity contribution in [1.82, 2.24) is 10.6 Å². The molecule has 0 radical (unpaired) electrons. The molecule has 0 aromatic heterocycles. The Bertz CT molecular complexity index is 1020. The quantitative estimate of drug-likeness (QED) is 0.550. The molecule has 2 aromatic carbocycles. The molecule has 3 N–H and O–H groups in total. The third-order valence-electron chi connectivity index (χ3n) is 6.60. The average molecular weight is 467 g/mol. The highest BCUT2D eigenvalue weighted by Gasteiger charge is 2.42. The lowest BCUT2D eigenvalue weighted by atomic mass is 9.89. The molecule has 2 amide bonds. The number of carbonyl (C=O) groups is 3. The topological polar surface area (TPSA) is 114 Å². The minimum Gasteiger partial charge on any atom is -0.481 e. The fourth-order valence-electron chi connectivity index (χ4n) is 4.76. The average Bonchev–Trinajstić information content (AvgIpc) is 3.15. The minimum atomic E-state index is -1.15. The number of benzene rings is 2. The van der Waals surface area contributed by atoms with E-state index in [2.05, 4.69) is 22.8 Å². The van der Waals surface area contributed by atoms with Gasteiger partial charge in [0, 0.05) is 44.9 Å². The van der Waals surface area contributed by atoms with Gasteiger partial charge in [0.1, 0.15) is 12.1 Å². The Morgan fingerprint density at radius 1 is 1.06 bits per heavy atom. The van der Waals surface area contributed by atoms with Crippen molar-refractivity contribution in [2.75, 3.05) is 26.4 Å². The first-order valence-electron chi connectivity index (χ1n) is 11.6. The van der Waals surface area contributed by atoms with Crippen LogP contribution in [0.3, 0.4) is 0 Å². The van der Waals surface area contributed by atoms with Crippen molar-refractivity contribution in [3.63, 3.8) is 0 Å². The lowest BCUT2D eigenvalue weighted by molar-refractivity contribution is -0.138. The van der Waals surface area contributed by atoms with Gasteiger partial charge in [0.2, 0.25) is 5.91 Å². The van der Waals surface area contributed by atoms with Gasteiger partial charge in [-0.25, -0.2) is 4.79 Å². The molecule has 1 heterocycles. The van der Waals surface area contributed by atoms with Crippen LogP contribution in [-0.4, -0.2) is 55.0 Å². The maximum Gasteiger partial charge on any atom is 0.408 e. The Kier molecular flexibility index (Phi) is 7.17. The molecule has 1 aliphatic heterocycles. The van der Waals surface area contributed by atoms with Crippen LogP contribution in [0.4, 0.5) is 4.79 Å². The monoisotopic (exact) mass is 466 g/mol. The van der Waals surface area contributed by atoms with Crippen LogP contribution in [0.5, 0.6) is 0 Å². The number of ether oxygens (including phenoxy) is 2. The number of carbonyl (C=O) groups excluding carboxylic acids is 2. The van der Waals surface area contributed by atoms with Gasteiger partial charge in [-0.1, -0.05) is 55.5 Å². The Balaban J connectivity index is 1.41. The molecule has 0 saturated carbocycles. The molecule has 2 aromatic rings. The van der Waals surface area contributed by atoms with Gasteiger partial charge in [0.05, 0.1) is 0 Å². The molecule has 8 nitrogen and oxygen atoms in total. The maximum atomic E-state index is 13.0. The van der Waals surface area contributed by atoms with Gasteiger partial charge in [-0.2, -0.15) is 0 Å². The van der Waals surface area contributed by atoms with E-state index in [9.17, 15) is 14.4 Å². The number of carboxylic acids is 1. The summed E-state index contributed by atoms with van der Waals surface area (Å²) >= 11 is 0. The lowest BCUT2D eigenvalue weighted by Crippen LogP contribution is -2.61. The van der Waals surface area contributed by atoms with Crippen LogP contribution in [0.2, 0.25) is 0 Å². The lowest BCUT2D eigenvalue weighted by Gasteiger charge is -2.36.